The highest BCUT2D eigenvalue weighted by Gasteiger charge is 2.40. The maximum atomic E-state index is 2.59. The molecule has 0 aliphatic rings. The first-order valence-electron chi connectivity index (χ1n) is 19.8. The molecule has 3 aromatic rings. The molecule has 0 radical (unpaired) electrons. The van der Waals surface area contributed by atoms with Gasteiger partial charge in [-0.2, -0.15) is 0 Å². The summed E-state index contributed by atoms with van der Waals surface area (Å²) in [6, 6.07) is 23.0. The van der Waals surface area contributed by atoms with Crippen LogP contribution >= 0.6 is 0 Å². The highest BCUT2D eigenvalue weighted by Crippen LogP contribution is 2.41. The van der Waals surface area contributed by atoms with Gasteiger partial charge in [0.05, 0.1) is 6.54 Å². The summed E-state index contributed by atoms with van der Waals surface area (Å²) in [7, 11) is 0. The van der Waals surface area contributed by atoms with E-state index >= 15 is 0 Å². The van der Waals surface area contributed by atoms with Crippen LogP contribution in [0.4, 0.5) is 0 Å². The first-order valence-corrected chi connectivity index (χ1v) is 19.8. The molecule has 0 saturated heterocycles. The zero-order valence-corrected chi connectivity index (χ0v) is 30.4. The van der Waals surface area contributed by atoms with Crippen molar-refractivity contribution in [1.82, 2.24) is 4.57 Å². The Morgan fingerprint density at radius 1 is 0.565 bits per heavy atom. The molecule has 0 saturated carbocycles. The van der Waals surface area contributed by atoms with Crippen LogP contribution in [0.3, 0.4) is 0 Å². The lowest BCUT2D eigenvalue weighted by atomic mass is 9.70. The van der Waals surface area contributed by atoms with Crippen LogP contribution in [0.25, 0.3) is 0 Å². The number of aryl methyl sites for hydroxylation is 1. The van der Waals surface area contributed by atoms with Crippen LogP contribution in [0.15, 0.2) is 79.4 Å². The molecule has 2 aromatic carbocycles. The number of imidazole rings is 1. The van der Waals surface area contributed by atoms with Crippen molar-refractivity contribution in [3.63, 3.8) is 0 Å². The Bertz CT molecular complexity index is 1100. The molecule has 256 valence electrons. The Labute approximate surface area is 285 Å². The zero-order valence-electron chi connectivity index (χ0n) is 30.4. The second-order valence-electron chi connectivity index (χ2n) is 14.6. The molecule has 1 heterocycles. The van der Waals surface area contributed by atoms with Crippen LogP contribution in [0, 0.1) is 0 Å². The summed E-state index contributed by atoms with van der Waals surface area (Å²) in [6.07, 6.45) is 38.7. The maximum Gasteiger partial charge on any atom is 0.244 e. The Hall–Kier alpha value is -2.35. The van der Waals surface area contributed by atoms with Crippen molar-refractivity contribution < 1.29 is 4.57 Å². The topological polar surface area (TPSA) is 8.81 Å². The van der Waals surface area contributed by atoms with Crippen LogP contribution in [0.2, 0.25) is 0 Å². The van der Waals surface area contributed by atoms with Crippen molar-refractivity contribution in [2.45, 2.75) is 186 Å². The van der Waals surface area contributed by atoms with Crippen molar-refractivity contribution in [2.75, 3.05) is 0 Å². The number of aromatic nitrogens is 2. The number of benzene rings is 2. The molecular weight excluding hydrogens is 556 g/mol. The van der Waals surface area contributed by atoms with Gasteiger partial charge >= 0.3 is 0 Å². The van der Waals surface area contributed by atoms with Gasteiger partial charge in [-0.1, -0.05) is 197 Å². The van der Waals surface area contributed by atoms with Gasteiger partial charge in [0.1, 0.15) is 18.4 Å². The van der Waals surface area contributed by atoms with Gasteiger partial charge in [0.2, 0.25) is 6.33 Å². The van der Waals surface area contributed by atoms with Crippen LogP contribution in [0.1, 0.15) is 179 Å². The number of rotatable bonds is 28. The number of unbranched alkanes of at least 4 members (excludes halogenated alkanes) is 19. The van der Waals surface area contributed by atoms with Crippen LogP contribution in [0.5, 0.6) is 0 Å². The first kappa shape index (κ1) is 38.1. The summed E-state index contributed by atoms with van der Waals surface area (Å²) in [4.78, 5) is 0. The van der Waals surface area contributed by atoms with Gasteiger partial charge in [0, 0.05) is 5.41 Å². The summed E-state index contributed by atoms with van der Waals surface area (Å²) >= 11 is 0. The van der Waals surface area contributed by atoms with E-state index in [2.05, 4.69) is 109 Å². The molecule has 2 atom stereocenters. The molecule has 0 bridgehead atoms. The van der Waals surface area contributed by atoms with Gasteiger partial charge in [-0.25, -0.2) is 9.13 Å². The van der Waals surface area contributed by atoms with E-state index in [1.54, 1.807) is 0 Å². The average Bonchev–Trinajstić information content (AvgIpc) is 3.55. The fourth-order valence-electron chi connectivity index (χ4n) is 7.56. The maximum absolute atomic E-state index is 2.59. The highest BCUT2D eigenvalue weighted by molar-refractivity contribution is 5.30. The van der Waals surface area contributed by atoms with Gasteiger partial charge in [-0.15, -0.1) is 0 Å². The third-order valence-corrected chi connectivity index (χ3v) is 10.5. The van der Waals surface area contributed by atoms with Crippen LogP contribution in [-0.2, 0) is 18.4 Å². The van der Waals surface area contributed by atoms with E-state index in [0.717, 1.165) is 13.0 Å². The average molecular weight is 628 g/mol. The summed E-state index contributed by atoms with van der Waals surface area (Å²) in [5.74, 6) is 0. The Morgan fingerprint density at radius 2 is 1.02 bits per heavy atom. The fourth-order valence-corrected chi connectivity index (χ4v) is 7.56. The van der Waals surface area contributed by atoms with E-state index in [-0.39, 0.29) is 5.41 Å². The lowest BCUT2D eigenvalue weighted by Gasteiger charge is -2.37. The normalized spacial score (nSPS) is 13.5. The fraction of sp³-hybridized carbons (Fsp3) is 0.659. The molecule has 0 aliphatic heterocycles. The van der Waals surface area contributed by atoms with E-state index in [1.165, 1.54) is 152 Å². The highest BCUT2D eigenvalue weighted by atomic mass is 15.1. The van der Waals surface area contributed by atoms with E-state index in [1.807, 2.05) is 0 Å². The van der Waals surface area contributed by atoms with Crippen LogP contribution < -0.4 is 4.57 Å². The SMILES string of the molecule is CCCCCCCCCCCCCC(n1cc[n+](CCCCCCCCCCCC)c1)C(C)(Cc1ccccc1)c1ccccc1. The molecular formula is C44H71N2+. The number of hydrogen-bond acceptors (Lipinski definition) is 0. The molecule has 2 unspecified atom stereocenters. The van der Waals surface area contributed by atoms with Gasteiger partial charge < -0.3 is 0 Å². The first-order chi connectivity index (χ1) is 22.7. The molecule has 0 amide bonds. The molecule has 2 heteroatoms. The van der Waals surface area contributed by atoms with E-state index in [9.17, 15) is 0 Å². The van der Waals surface area contributed by atoms with Crippen molar-refractivity contribution in [2.24, 2.45) is 0 Å². The smallest absolute Gasteiger partial charge is 0.237 e. The third kappa shape index (κ3) is 14.6. The molecule has 3 rings (SSSR count). The van der Waals surface area contributed by atoms with Crippen molar-refractivity contribution >= 4 is 0 Å². The Kier molecular flexibility index (Phi) is 19.8. The molecule has 0 N–H and O–H groups in total. The third-order valence-electron chi connectivity index (χ3n) is 10.5. The monoisotopic (exact) mass is 628 g/mol. The predicted molar refractivity (Wildman–Crippen MR) is 201 cm³/mol. The summed E-state index contributed by atoms with van der Waals surface area (Å²) in [5, 5.41) is 0. The minimum Gasteiger partial charge on any atom is -0.237 e. The number of nitrogens with zero attached hydrogens (tertiary/aromatic N) is 2. The van der Waals surface area contributed by atoms with Gasteiger partial charge in [0.15, 0.2) is 0 Å². The van der Waals surface area contributed by atoms with E-state index in [0.29, 0.717) is 6.04 Å². The van der Waals surface area contributed by atoms with Gasteiger partial charge in [0.25, 0.3) is 0 Å². The predicted octanol–water partition coefficient (Wildman–Crippen LogP) is 13.1. The molecule has 0 spiro atoms. The Balaban J connectivity index is 1.59. The molecule has 46 heavy (non-hydrogen) atoms. The quantitative estimate of drug-likeness (QED) is 0.0559. The molecule has 1 aromatic heterocycles. The van der Waals surface area contributed by atoms with E-state index < -0.39 is 0 Å². The summed E-state index contributed by atoms with van der Waals surface area (Å²) in [6.45, 7) is 8.28. The minimum absolute atomic E-state index is 0.00901. The molecule has 0 aliphatic carbocycles. The van der Waals surface area contributed by atoms with Gasteiger partial charge in [-0.3, -0.25) is 0 Å². The van der Waals surface area contributed by atoms with Crippen molar-refractivity contribution in [3.8, 4) is 0 Å². The zero-order chi connectivity index (χ0) is 32.5. The van der Waals surface area contributed by atoms with Crippen LogP contribution in [-0.4, -0.2) is 4.57 Å². The van der Waals surface area contributed by atoms with Gasteiger partial charge in [-0.05, 0) is 43.2 Å². The number of hydrogen-bond donors (Lipinski definition) is 0. The summed E-state index contributed by atoms with van der Waals surface area (Å²) < 4.78 is 5.05. The second-order valence-corrected chi connectivity index (χ2v) is 14.6. The second kappa shape index (κ2) is 23.9. The van der Waals surface area contributed by atoms with Crippen molar-refractivity contribution in [3.05, 3.63) is 90.5 Å². The largest absolute Gasteiger partial charge is 0.244 e. The molecule has 2 nitrogen and oxygen atoms in total. The lowest BCUT2D eigenvalue weighted by Crippen LogP contribution is -2.38. The standard InChI is InChI=1S/C44H71N2/c1-4-6-8-10-12-14-16-17-19-21-29-35-43(44(3,42-33-27-24-28-34-42)39-41-31-25-23-26-32-41)46-38-37-45(40-46)36-30-22-20-18-15-13-11-9-7-5-2/h23-28,31-34,37-38,40,43H,4-22,29-30,35-36,39H2,1-3H3/q+1. The molecule has 0 fully saturated rings. The summed E-state index contributed by atoms with van der Waals surface area (Å²) in [5.41, 5.74) is 2.90. The lowest BCUT2D eigenvalue weighted by molar-refractivity contribution is -0.697. The van der Waals surface area contributed by atoms with Crippen molar-refractivity contribution in [1.29, 1.82) is 0 Å². The van der Waals surface area contributed by atoms with E-state index in [4.69, 9.17) is 0 Å². The minimum atomic E-state index is 0.00901. The Morgan fingerprint density at radius 3 is 1.54 bits per heavy atom.